The van der Waals surface area contributed by atoms with Crippen molar-refractivity contribution in [3.8, 4) is 0 Å². The molecule has 1 aliphatic carbocycles. The van der Waals surface area contributed by atoms with E-state index in [0.717, 1.165) is 32.1 Å². The molecule has 0 aromatic heterocycles. The van der Waals surface area contributed by atoms with Crippen LogP contribution in [0.5, 0.6) is 0 Å². The topological polar surface area (TPSA) is 94.2 Å². The maximum atomic E-state index is 13.8. The number of alkyl carbamates (subject to hydrolysis) is 1. The van der Waals surface area contributed by atoms with E-state index in [1.54, 1.807) is 25.7 Å². The van der Waals surface area contributed by atoms with Crippen molar-refractivity contribution < 1.29 is 28.6 Å². The maximum Gasteiger partial charge on any atom is 0.408 e. The third-order valence-electron chi connectivity index (χ3n) is 6.58. The molecular formula is C23H38N2O6. The Morgan fingerprint density at radius 3 is 2.35 bits per heavy atom. The van der Waals surface area contributed by atoms with Gasteiger partial charge in [0.1, 0.15) is 17.7 Å². The first-order valence-corrected chi connectivity index (χ1v) is 11.5. The van der Waals surface area contributed by atoms with Crippen molar-refractivity contribution in [1.82, 2.24) is 10.2 Å². The normalized spacial score (nSPS) is 29.2. The zero-order valence-electron chi connectivity index (χ0n) is 19.7. The van der Waals surface area contributed by atoms with Gasteiger partial charge in [-0.15, -0.1) is 0 Å². The molecule has 1 N–H and O–H groups in total. The smallest absolute Gasteiger partial charge is 0.408 e. The largest absolute Gasteiger partial charge is 0.467 e. The van der Waals surface area contributed by atoms with Crippen molar-refractivity contribution in [3.05, 3.63) is 0 Å². The minimum atomic E-state index is -0.728. The average molecular weight is 439 g/mol. The quantitative estimate of drug-likeness (QED) is 0.678. The van der Waals surface area contributed by atoms with Crippen molar-refractivity contribution in [2.75, 3.05) is 13.7 Å². The Labute approximate surface area is 185 Å². The highest BCUT2D eigenvalue weighted by Crippen LogP contribution is 2.43. The zero-order chi connectivity index (χ0) is 23.0. The Hall–Kier alpha value is -1.83. The van der Waals surface area contributed by atoms with Crippen molar-refractivity contribution in [2.45, 2.75) is 103 Å². The standard InChI is InChI=1S/C23H38N2O6/c1-22(2,3)31-21(28)24-17(14-10-8-7-9-11-14)19(26)25-13-16-15(12-23(4,5)30-16)18(25)20(27)29-6/h14-18H,7-13H2,1-6H3,(H,24,28)/t15?,16?,17-,18-/m0/s1. The zero-order valence-corrected chi connectivity index (χ0v) is 19.7. The lowest BCUT2D eigenvalue weighted by Gasteiger charge is -2.35. The van der Waals surface area contributed by atoms with Gasteiger partial charge in [0.2, 0.25) is 5.91 Å². The second-order valence-electron chi connectivity index (χ2n) is 10.8. The van der Waals surface area contributed by atoms with Crippen LogP contribution in [0.15, 0.2) is 0 Å². The number of nitrogens with one attached hydrogen (secondary N) is 1. The maximum absolute atomic E-state index is 13.8. The molecule has 0 spiro atoms. The number of methoxy groups -OCH3 is 1. The first-order chi connectivity index (χ1) is 14.4. The molecule has 0 aromatic carbocycles. The molecule has 31 heavy (non-hydrogen) atoms. The Morgan fingerprint density at radius 1 is 1.13 bits per heavy atom. The number of carbonyl (C=O) groups excluding carboxylic acids is 3. The highest BCUT2D eigenvalue weighted by Gasteiger charge is 2.56. The van der Waals surface area contributed by atoms with E-state index in [-0.39, 0.29) is 29.4 Å². The van der Waals surface area contributed by atoms with E-state index < -0.39 is 29.7 Å². The van der Waals surface area contributed by atoms with Gasteiger partial charge in [0, 0.05) is 12.5 Å². The molecule has 3 aliphatic rings. The molecule has 2 unspecified atom stereocenters. The number of amides is 2. The summed E-state index contributed by atoms with van der Waals surface area (Å²) in [7, 11) is 1.34. The summed E-state index contributed by atoms with van der Waals surface area (Å²) in [6, 6.07) is -1.43. The van der Waals surface area contributed by atoms with Crippen molar-refractivity contribution in [2.24, 2.45) is 11.8 Å². The Bertz CT molecular complexity index is 695. The second-order valence-corrected chi connectivity index (χ2v) is 10.8. The van der Waals surface area contributed by atoms with Gasteiger partial charge in [0.25, 0.3) is 0 Å². The summed E-state index contributed by atoms with van der Waals surface area (Å²) in [5.41, 5.74) is -1.00. The summed E-state index contributed by atoms with van der Waals surface area (Å²) in [6.07, 6.45) is 4.75. The SMILES string of the molecule is COC(=O)[C@@H]1C2CC(C)(C)OC2CN1C(=O)[C@@H](NC(=O)OC(C)(C)C)C1CCCCC1. The second kappa shape index (κ2) is 8.96. The number of likely N-dealkylation sites (tertiary alicyclic amines) is 1. The lowest BCUT2D eigenvalue weighted by atomic mass is 9.83. The van der Waals surface area contributed by atoms with Gasteiger partial charge in [0.05, 0.1) is 18.8 Å². The number of carbonyl (C=O) groups is 3. The summed E-state index contributed by atoms with van der Waals surface area (Å²) in [4.78, 5) is 40.6. The fourth-order valence-corrected chi connectivity index (χ4v) is 5.38. The van der Waals surface area contributed by atoms with E-state index in [2.05, 4.69) is 5.32 Å². The number of ether oxygens (including phenoxy) is 3. The molecule has 3 rings (SSSR count). The molecule has 0 aromatic rings. The minimum Gasteiger partial charge on any atom is -0.467 e. The predicted octanol–water partition coefficient (Wildman–Crippen LogP) is 3.03. The van der Waals surface area contributed by atoms with Crippen LogP contribution in [0.3, 0.4) is 0 Å². The van der Waals surface area contributed by atoms with Crippen LogP contribution in [0.2, 0.25) is 0 Å². The summed E-state index contributed by atoms with van der Waals surface area (Å²) in [5, 5.41) is 2.83. The van der Waals surface area contributed by atoms with Crippen molar-refractivity contribution in [1.29, 1.82) is 0 Å². The fraction of sp³-hybridized carbons (Fsp3) is 0.870. The average Bonchev–Trinajstić information content (AvgIpc) is 3.15. The lowest BCUT2D eigenvalue weighted by molar-refractivity contribution is -0.154. The van der Waals surface area contributed by atoms with Gasteiger partial charge in [-0.2, -0.15) is 0 Å². The van der Waals surface area contributed by atoms with Crippen molar-refractivity contribution >= 4 is 18.0 Å². The molecule has 3 fully saturated rings. The molecule has 8 heteroatoms. The van der Waals surface area contributed by atoms with Gasteiger partial charge < -0.3 is 24.4 Å². The highest BCUT2D eigenvalue weighted by molar-refractivity contribution is 5.91. The van der Waals surface area contributed by atoms with Crippen LogP contribution in [-0.4, -0.2) is 65.9 Å². The number of hydrogen-bond acceptors (Lipinski definition) is 6. The van der Waals surface area contributed by atoms with Crippen LogP contribution in [0.4, 0.5) is 4.79 Å². The van der Waals surface area contributed by atoms with Crippen LogP contribution >= 0.6 is 0 Å². The molecule has 1 saturated carbocycles. The molecule has 2 aliphatic heterocycles. The number of fused-ring (bicyclic) bond motifs is 1. The third kappa shape index (κ3) is 5.51. The van der Waals surface area contributed by atoms with E-state index in [0.29, 0.717) is 13.0 Å². The summed E-state index contributed by atoms with van der Waals surface area (Å²) in [5.74, 6) is -0.768. The van der Waals surface area contributed by atoms with Crippen molar-refractivity contribution in [3.63, 3.8) is 0 Å². The number of hydrogen-bond donors (Lipinski definition) is 1. The lowest BCUT2D eigenvalue weighted by Crippen LogP contribution is -2.56. The Balaban J connectivity index is 1.83. The first kappa shape index (κ1) is 23.8. The number of esters is 1. The predicted molar refractivity (Wildman–Crippen MR) is 114 cm³/mol. The summed E-state index contributed by atoms with van der Waals surface area (Å²) in [6.45, 7) is 9.70. The number of nitrogens with zero attached hydrogens (tertiary/aromatic N) is 1. The molecule has 4 atom stereocenters. The van der Waals surface area contributed by atoms with E-state index in [1.165, 1.54) is 7.11 Å². The monoisotopic (exact) mass is 438 g/mol. The molecule has 0 bridgehead atoms. The summed E-state index contributed by atoms with van der Waals surface area (Å²) < 4.78 is 16.6. The van der Waals surface area contributed by atoms with Crippen LogP contribution in [0, 0.1) is 11.8 Å². The van der Waals surface area contributed by atoms with E-state index in [1.807, 2.05) is 13.8 Å². The molecular weight excluding hydrogens is 400 g/mol. The van der Waals surface area contributed by atoms with Gasteiger partial charge >= 0.3 is 12.1 Å². The number of rotatable bonds is 4. The third-order valence-corrected chi connectivity index (χ3v) is 6.58. The van der Waals surface area contributed by atoms with E-state index in [9.17, 15) is 14.4 Å². The molecule has 2 saturated heterocycles. The van der Waals surface area contributed by atoms with E-state index in [4.69, 9.17) is 14.2 Å². The van der Waals surface area contributed by atoms with Gasteiger partial charge in [-0.3, -0.25) is 4.79 Å². The van der Waals surface area contributed by atoms with Crippen LogP contribution in [0.1, 0.15) is 73.1 Å². The molecule has 2 heterocycles. The van der Waals surface area contributed by atoms with Gasteiger partial charge in [0.15, 0.2) is 0 Å². The van der Waals surface area contributed by atoms with E-state index >= 15 is 0 Å². The molecule has 176 valence electrons. The van der Waals surface area contributed by atoms with Crippen LogP contribution < -0.4 is 5.32 Å². The van der Waals surface area contributed by atoms with Crippen LogP contribution in [-0.2, 0) is 23.8 Å². The minimum absolute atomic E-state index is 0.0184. The van der Waals surface area contributed by atoms with Gasteiger partial charge in [-0.05, 0) is 59.8 Å². The molecule has 0 radical (unpaired) electrons. The Morgan fingerprint density at radius 2 is 1.77 bits per heavy atom. The Kier molecular flexibility index (Phi) is 6.89. The highest BCUT2D eigenvalue weighted by atomic mass is 16.6. The molecule has 2 amide bonds. The van der Waals surface area contributed by atoms with Gasteiger partial charge in [-0.1, -0.05) is 19.3 Å². The molecule has 8 nitrogen and oxygen atoms in total. The van der Waals surface area contributed by atoms with Gasteiger partial charge in [-0.25, -0.2) is 9.59 Å². The fourth-order valence-electron chi connectivity index (χ4n) is 5.38. The first-order valence-electron chi connectivity index (χ1n) is 11.5. The van der Waals surface area contributed by atoms with Crippen LogP contribution in [0.25, 0.3) is 0 Å². The summed E-state index contributed by atoms with van der Waals surface area (Å²) >= 11 is 0.